The van der Waals surface area contributed by atoms with Gasteiger partial charge in [0.2, 0.25) is 0 Å². The summed E-state index contributed by atoms with van der Waals surface area (Å²) in [4.78, 5) is 4.72. The van der Waals surface area contributed by atoms with E-state index in [9.17, 15) is 0 Å². The summed E-state index contributed by atoms with van der Waals surface area (Å²) < 4.78 is 12.3. The predicted molar refractivity (Wildman–Crippen MR) is 289 cm³/mol. The van der Waals surface area contributed by atoms with E-state index in [1.165, 1.54) is 33.4 Å². The van der Waals surface area contributed by atoms with E-state index in [1.807, 2.05) is 12.2 Å². The average molecular weight is 893 g/mol. The summed E-state index contributed by atoms with van der Waals surface area (Å²) in [7, 11) is 0. The Morgan fingerprint density at radius 1 is 0.353 bits per heavy atom. The highest BCUT2D eigenvalue weighted by Crippen LogP contribution is 2.41. The van der Waals surface area contributed by atoms with Crippen molar-refractivity contribution in [2.75, 3.05) is 9.80 Å². The SMILES string of the molecule is C=Cc1ccc(COCc2ccc(N(c3ccc(CCC)cc3)c3ccc(-c4ccc(N(c5ccc(CCC)cc5)c5ccc(COCc6ccc(C=C)cc6)cc5)cc4C)c(C)c3)cc2)cc1. The van der Waals surface area contributed by atoms with Gasteiger partial charge in [0.15, 0.2) is 0 Å². The molecule has 0 aliphatic heterocycles. The van der Waals surface area contributed by atoms with Crippen LogP contribution in [-0.2, 0) is 48.7 Å². The maximum Gasteiger partial charge on any atom is 0.0721 e. The number of rotatable bonds is 21. The molecule has 0 spiro atoms. The van der Waals surface area contributed by atoms with Gasteiger partial charge in [-0.2, -0.15) is 0 Å². The largest absolute Gasteiger partial charge is 0.372 e. The molecule has 0 heterocycles. The number of hydrogen-bond acceptors (Lipinski definition) is 4. The van der Waals surface area contributed by atoms with E-state index in [0.29, 0.717) is 26.4 Å². The zero-order chi connectivity index (χ0) is 47.2. The molecule has 0 aromatic heterocycles. The first-order valence-electron chi connectivity index (χ1n) is 24.1. The molecule has 0 N–H and O–H groups in total. The highest BCUT2D eigenvalue weighted by molar-refractivity contribution is 5.83. The number of benzene rings is 8. The molecule has 0 saturated heterocycles. The van der Waals surface area contributed by atoms with Crippen LogP contribution in [0.4, 0.5) is 34.1 Å². The van der Waals surface area contributed by atoms with Crippen LogP contribution in [0.5, 0.6) is 0 Å². The summed E-state index contributed by atoms with van der Waals surface area (Å²) in [6, 6.07) is 66.0. The highest BCUT2D eigenvalue weighted by atomic mass is 16.5. The quantitative estimate of drug-likeness (QED) is 0.0718. The molecular weight excluding hydrogens is 829 g/mol. The summed E-state index contributed by atoms with van der Waals surface area (Å²) >= 11 is 0. The summed E-state index contributed by atoms with van der Waals surface area (Å²) in [5, 5.41) is 0. The molecule has 342 valence electrons. The van der Waals surface area contributed by atoms with Crippen molar-refractivity contribution in [3.8, 4) is 11.1 Å². The predicted octanol–water partition coefficient (Wildman–Crippen LogP) is 17.5. The van der Waals surface area contributed by atoms with E-state index < -0.39 is 0 Å². The van der Waals surface area contributed by atoms with Crippen molar-refractivity contribution >= 4 is 46.3 Å². The summed E-state index contributed by atoms with van der Waals surface area (Å²) in [6.45, 7) is 18.8. The molecule has 0 fully saturated rings. The van der Waals surface area contributed by atoms with E-state index in [0.717, 1.165) is 93.2 Å². The first-order chi connectivity index (χ1) is 33.3. The lowest BCUT2D eigenvalue weighted by Crippen LogP contribution is -2.11. The van der Waals surface area contributed by atoms with Gasteiger partial charge in [-0.15, -0.1) is 0 Å². The molecule has 4 heteroatoms. The van der Waals surface area contributed by atoms with Gasteiger partial charge < -0.3 is 19.3 Å². The Kier molecular flexibility index (Phi) is 16.0. The second-order valence-electron chi connectivity index (χ2n) is 17.7. The molecule has 0 aliphatic rings. The van der Waals surface area contributed by atoms with Crippen LogP contribution in [0, 0.1) is 13.8 Å². The van der Waals surface area contributed by atoms with Crippen LogP contribution in [-0.4, -0.2) is 0 Å². The number of hydrogen-bond donors (Lipinski definition) is 0. The Labute approximate surface area is 405 Å². The molecule has 8 aromatic rings. The van der Waals surface area contributed by atoms with Crippen molar-refractivity contribution in [2.45, 2.75) is 79.8 Å². The fourth-order valence-electron chi connectivity index (χ4n) is 8.83. The lowest BCUT2D eigenvalue weighted by Gasteiger charge is -2.28. The Morgan fingerprint density at radius 3 is 0.882 bits per heavy atom. The van der Waals surface area contributed by atoms with Crippen LogP contribution >= 0.6 is 0 Å². The fraction of sp³-hybridized carbons (Fsp3) is 0.188. The van der Waals surface area contributed by atoms with Gasteiger partial charge in [-0.3, -0.25) is 0 Å². The van der Waals surface area contributed by atoms with Crippen molar-refractivity contribution in [1.29, 1.82) is 0 Å². The first-order valence-corrected chi connectivity index (χ1v) is 24.1. The maximum absolute atomic E-state index is 6.13. The minimum atomic E-state index is 0.541. The van der Waals surface area contributed by atoms with Crippen LogP contribution < -0.4 is 9.80 Å². The van der Waals surface area contributed by atoms with Crippen LogP contribution in [0.1, 0.15) is 82.3 Å². The molecule has 0 saturated carbocycles. The van der Waals surface area contributed by atoms with Gasteiger partial charge in [0, 0.05) is 34.1 Å². The van der Waals surface area contributed by atoms with Crippen molar-refractivity contribution in [1.82, 2.24) is 0 Å². The standard InChI is InChI=1S/C64H64N2O2/c1-7-11-51-21-29-57(30-22-51)65(59-33-25-55(26-34-59)45-67-43-53-17-13-49(9-3)14-18-53)61-37-39-63(47(5)41-61)64-40-38-62(42-48(64)6)66(58-31-23-52(12-8-2)24-32-58)60-35-27-56(28-36-60)46-68-44-54-19-15-50(10-4)16-20-54/h9-10,13-42H,3-4,7-8,11-12,43-46H2,1-2,5-6H3. The van der Waals surface area contributed by atoms with Gasteiger partial charge in [0.05, 0.1) is 26.4 Å². The van der Waals surface area contributed by atoms with Gasteiger partial charge >= 0.3 is 0 Å². The van der Waals surface area contributed by atoms with Gasteiger partial charge in [-0.05, 0) is 166 Å². The second kappa shape index (κ2) is 23.0. The minimum Gasteiger partial charge on any atom is -0.372 e. The van der Waals surface area contributed by atoms with Gasteiger partial charge in [0.1, 0.15) is 0 Å². The molecule has 0 unspecified atom stereocenters. The molecule has 4 nitrogen and oxygen atoms in total. The lowest BCUT2D eigenvalue weighted by molar-refractivity contribution is 0.107. The molecule has 68 heavy (non-hydrogen) atoms. The van der Waals surface area contributed by atoms with E-state index >= 15 is 0 Å². The molecule has 8 rings (SSSR count). The van der Waals surface area contributed by atoms with E-state index in [-0.39, 0.29) is 0 Å². The Bertz CT molecular complexity index is 2680. The van der Waals surface area contributed by atoms with E-state index in [2.05, 4.69) is 233 Å². The van der Waals surface area contributed by atoms with Gasteiger partial charge in [-0.1, -0.05) is 161 Å². The monoisotopic (exact) mass is 892 g/mol. The topological polar surface area (TPSA) is 24.9 Å². The normalized spacial score (nSPS) is 11.1. The molecule has 8 aromatic carbocycles. The molecular formula is C64H64N2O2. The zero-order valence-electron chi connectivity index (χ0n) is 40.3. The van der Waals surface area contributed by atoms with E-state index in [1.54, 1.807) is 0 Å². The Balaban J connectivity index is 1.03. The van der Waals surface area contributed by atoms with Crippen LogP contribution in [0.2, 0.25) is 0 Å². The van der Waals surface area contributed by atoms with E-state index in [4.69, 9.17) is 9.47 Å². The highest BCUT2D eigenvalue weighted by Gasteiger charge is 2.18. The van der Waals surface area contributed by atoms with Crippen LogP contribution in [0.25, 0.3) is 23.3 Å². The third-order valence-corrected chi connectivity index (χ3v) is 12.6. The molecule has 0 atom stereocenters. The third-order valence-electron chi connectivity index (χ3n) is 12.6. The number of anilines is 6. The van der Waals surface area contributed by atoms with Gasteiger partial charge in [0.25, 0.3) is 0 Å². The lowest BCUT2D eigenvalue weighted by atomic mass is 9.95. The molecule has 0 aliphatic carbocycles. The van der Waals surface area contributed by atoms with Gasteiger partial charge in [-0.25, -0.2) is 0 Å². The number of ether oxygens (including phenoxy) is 2. The van der Waals surface area contributed by atoms with Crippen LogP contribution in [0.3, 0.4) is 0 Å². The van der Waals surface area contributed by atoms with Crippen LogP contribution in [0.15, 0.2) is 195 Å². The van der Waals surface area contributed by atoms with Crippen molar-refractivity contribution < 1.29 is 9.47 Å². The summed E-state index contributed by atoms with van der Waals surface area (Å²) in [6.07, 6.45) is 8.09. The summed E-state index contributed by atoms with van der Waals surface area (Å²) in [5.74, 6) is 0. The van der Waals surface area contributed by atoms with Crippen molar-refractivity contribution in [2.24, 2.45) is 0 Å². The minimum absolute atomic E-state index is 0.541. The summed E-state index contributed by atoms with van der Waals surface area (Å²) in [5.41, 5.74) is 21.0. The molecule has 0 amide bonds. The molecule has 0 bridgehead atoms. The Morgan fingerprint density at radius 2 is 0.618 bits per heavy atom. The average Bonchev–Trinajstić information content (AvgIpc) is 3.37. The maximum atomic E-state index is 6.13. The van der Waals surface area contributed by atoms with Crippen molar-refractivity contribution in [3.05, 3.63) is 251 Å². The van der Waals surface area contributed by atoms with Crippen molar-refractivity contribution in [3.63, 3.8) is 0 Å². The third kappa shape index (κ3) is 11.8. The number of aryl methyl sites for hydroxylation is 4. The first kappa shape index (κ1) is 47.3. The Hall–Kier alpha value is -7.24. The molecule has 0 radical (unpaired) electrons. The zero-order valence-corrected chi connectivity index (χ0v) is 40.3. The second-order valence-corrected chi connectivity index (χ2v) is 17.7. The smallest absolute Gasteiger partial charge is 0.0721 e. The fourth-order valence-corrected chi connectivity index (χ4v) is 8.83. The number of nitrogens with zero attached hydrogens (tertiary/aromatic N) is 2.